The number of benzene rings is 1. The van der Waals surface area contributed by atoms with Crippen LogP contribution < -0.4 is 0 Å². The molecule has 0 bridgehead atoms. The average molecular weight is 295 g/mol. The Morgan fingerprint density at radius 3 is 2.75 bits per heavy atom. The molecule has 2 rings (SSSR count). The molecule has 1 heterocycles. The molecule has 0 saturated carbocycles. The first-order valence-electron chi connectivity index (χ1n) is 7.42. The Bertz CT molecular complexity index is 551. The van der Waals surface area contributed by atoms with Crippen LogP contribution in [0.2, 0.25) is 0 Å². The second-order valence-corrected chi connectivity index (χ2v) is 8.23. The first-order chi connectivity index (χ1) is 9.38. The summed E-state index contributed by atoms with van der Waals surface area (Å²) in [7, 11) is -3.16. The number of piperidine rings is 1. The molecule has 112 valence electrons. The first-order valence-corrected chi connectivity index (χ1v) is 9.07. The topological polar surface area (TPSA) is 37.4 Å². The van der Waals surface area contributed by atoms with Crippen LogP contribution in [0.4, 0.5) is 0 Å². The molecule has 0 N–H and O–H groups in total. The maximum atomic E-state index is 12.5. The minimum atomic E-state index is -3.16. The minimum absolute atomic E-state index is 0.261. The van der Waals surface area contributed by atoms with Gasteiger partial charge in [0.25, 0.3) is 0 Å². The van der Waals surface area contributed by atoms with E-state index in [-0.39, 0.29) is 11.7 Å². The van der Waals surface area contributed by atoms with Crippen molar-refractivity contribution < 1.29 is 8.42 Å². The quantitative estimate of drug-likeness (QED) is 0.857. The van der Waals surface area contributed by atoms with Gasteiger partial charge in [-0.25, -0.2) is 8.42 Å². The zero-order valence-electron chi connectivity index (χ0n) is 12.7. The molecule has 0 aromatic heterocycles. The van der Waals surface area contributed by atoms with Crippen molar-refractivity contribution >= 4 is 9.84 Å². The van der Waals surface area contributed by atoms with Gasteiger partial charge in [0.2, 0.25) is 0 Å². The zero-order chi connectivity index (χ0) is 14.8. The lowest BCUT2D eigenvalue weighted by Crippen LogP contribution is -2.41. The number of rotatable bonds is 4. The average Bonchev–Trinajstić information content (AvgIpc) is 2.38. The Morgan fingerprint density at radius 2 is 2.10 bits per heavy atom. The molecule has 0 spiro atoms. The van der Waals surface area contributed by atoms with E-state index in [1.165, 1.54) is 0 Å². The number of nitrogens with zero attached hydrogens (tertiary/aromatic N) is 1. The summed E-state index contributed by atoms with van der Waals surface area (Å²) in [5, 5.41) is 0. The molecule has 3 nitrogen and oxygen atoms in total. The predicted molar refractivity (Wildman–Crippen MR) is 82.7 cm³/mol. The molecule has 1 aromatic rings. The lowest BCUT2D eigenvalue weighted by atomic mass is 9.99. The number of aryl methyl sites for hydroxylation is 1. The van der Waals surface area contributed by atoms with Crippen LogP contribution in [0.15, 0.2) is 29.2 Å². The van der Waals surface area contributed by atoms with Crippen molar-refractivity contribution in [3.63, 3.8) is 0 Å². The van der Waals surface area contributed by atoms with Crippen molar-refractivity contribution in [1.82, 2.24) is 4.90 Å². The van der Waals surface area contributed by atoms with Crippen LogP contribution in [-0.2, 0) is 9.84 Å². The second-order valence-electron chi connectivity index (χ2n) is 6.19. The van der Waals surface area contributed by atoms with Gasteiger partial charge in [0.1, 0.15) is 0 Å². The molecular weight excluding hydrogens is 270 g/mol. The highest BCUT2D eigenvalue weighted by Gasteiger charge is 2.27. The van der Waals surface area contributed by atoms with E-state index in [9.17, 15) is 8.42 Å². The maximum Gasteiger partial charge on any atom is 0.178 e. The number of sulfone groups is 1. The fourth-order valence-corrected chi connectivity index (χ4v) is 4.65. The van der Waals surface area contributed by atoms with E-state index >= 15 is 0 Å². The summed E-state index contributed by atoms with van der Waals surface area (Å²) in [4.78, 5) is 2.86. The SMILES string of the molecule is Cc1cccc(S(=O)(=O)C[C@@H]2CCCN(C(C)C)C2)c1. The van der Waals surface area contributed by atoms with Crippen molar-refractivity contribution in [3.05, 3.63) is 29.8 Å². The third kappa shape index (κ3) is 3.83. The molecule has 4 heteroatoms. The van der Waals surface area contributed by atoms with Gasteiger partial charge in [0.05, 0.1) is 10.6 Å². The number of hydrogen-bond donors (Lipinski definition) is 0. The molecule has 0 radical (unpaired) electrons. The molecule has 0 unspecified atom stereocenters. The maximum absolute atomic E-state index is 12.5. The molecule has 1 fully saturated rings. The van der Waals surface area contributed by atoms with Crippen LogP contribution in [0.3, 0.4) is 0 Å². The highest BCUT2D eigenvalue weighted by Crippen LogP contribution is 2.23. The van der Waals surface area contributed by atoms with Gasteiger partial charge in [0, 0.05) is 12.6 Å². The highest BCUT2D eigenvalue weighted by molar-refractivity contribution is 7.91. The molecule has 1 aliphatic heterocycles. The van der Waals surface area contributed by atoms with Crippen LogP contribution in [-0.4, -0.2) is 38.2 Å². The van der Waals surface area contributed by atoms with E-state index in [4.69, 9.17) is 0 Å². The molecule has 1 atom stereocenters. The summed E-state index contributed by atoms with van der Waals surface area (Å²) in [5.41, 5.74) is 0.999. The van der Waals surface area contributed by atoms with E-state index in [0.717, 1.165) is 31.5 Å². The lowest BCUT2D eigenvalue weighted by Gasteiger charge is -2.35. The van der Waals surface area contributed by atoms with Crippen LogP contribution >= 0.6 is 0 Å². The van der Waals surface area contributed by atoms with E-state index < -0.39 is 9.84 Å². The summed E-state index contributed by atoms with van der Waals surface area (Å²) in [6.07, 6.45) is 2.13. The van der Waals surface area contributed by atoms with Crippen molar-refractivity contribution in [2.45, 2.75) is 44.6 Å². The zero-order valence-corrected chi connectivity index (χ0v) is 13.5. The summed E-state index contributed by atoms with van der Waals surface area (Å²) in [6, 6.07) is 7.74. The molecule has 0 amide bonds. The van der Waals surface area contributed by atoms with Crippen LogP contribution in [0.5, 0.6) is 0 Å². The van der Waals surface area contributed by atoms with Crippen molar-refractivity contribution in [3.8, 4) is 0 Å². The molecule has 1 aliphatic rings. The van der Waals surface area contributed by atoms with Crippen LogP contribution in [0, 0.1) is 12.8 Å². The fourth-order valence-electron chi connectivity index (χ4n) is 2.92. The van der Waals surface area contributed by atoms with Gasteiger partial charge in [-0.3, -0.25) is 0 Å². The number of hydrogen-bond acceptors (Lipinski definition) is 3. The molecule has 1 aromatic carbocycles. The van der Waals surface area contributed by atoms with E-state index in [1.54, 1.807) is 12.1 Å². The van der Waals surface area contributed by atoms with Gasteiger partial charge in [-0.2, -0.15) is 0 Å². The van der Waals surface area contributed by atoms with Crippen molar-refractivity contribution in [2.24, 2.45) is 5.92 Å². The van der Waals surface area contributed by atoms with E-state index in [2.05, 4.69) is 18.7 Å². The Morgan fingerprint density at radius 1 is 1.35 bits per heavy atom. The van der Waals surface area contributed by atoms with Crippen molar-refractivity contribution in [2.75, 3.05) is 18.8 Å². The Balaban J connectivity index is 2.08. The summed E-state index contributed by atoms with van der Waals surface area (Å²) in [6.45, 7) is 8.29. The fraction of sp³-hybridized carbons (Fsp3) is 0.625. The summed E-state index contributed by atoms with van der Waals surface area (Å²) >= 11 is 0. The number of likely N-dealkylation sites (tertiary alicyclic amines) is 1. The first kappa shape index (κ1) is 15.5. The second kappa shape index (κ2) is 6.27. The Kier molecular flexibility index (Phi) is 4.86. The molecule has 20 heavy (non-hydrogen) atoms. The van der Waals surface area contributed by atoms with Gasteiger partial charge in [-0.05, 0) is 63.8 Å². The monoisotopic (exact) mass is 295 g/mol. The van der Waals surface area contributed by atoms with Gasteiger partial charge in [-0.15, -0.1) is 0 Å². The minimum Gasteiger partial charge on any atom is -0.301 e. The molecule has 1 saturated heterocycles. The molecule has 0 aliphatic carbocycles. The standard InChI is InChI=1S/C16H25NO2S/c1-13(2)17-9-5-7-15(11-17)12-20(18,19)16-8-4-6-14(3)10-16/h4,6,8,10,13,15H,5,7,9,11-12H2,1-3H3/t15-/m1/s1. The van der Waals surface area contributed by atoms with Crippen LogP contribution in [0.1, 0.15) is 32.3 Å². The third-order valence-corrected chi connectivity index (χ3v) is 5.97. The van der Waals surface area contributed by atoms with Gasteiger partial charge >= 0.3 is 0 Å². The predicted octanol–water partition coefficient (Wildman–Crippen LogP) is 2.89. The third-order valence-electron chi connectivity index (χ3n) is 4.08. The van der Waals surface area contributed by atoms with Gasteiger partial charge < -0.3 is 4.90 Å². The Hall–Kier alpha value is -0.870. The van der Waals surface area contributed by atoms with Gasteiger partial charge in [-0.1, -0.05) is 12.1 Å². The normalized spacial score (nSPS) is 21.3. The summed E-state index contributed by atoms with van der Waals surface area (Å²) in [5.74, 6) is 0.538. The van der Waals surface area contributed by atoms with Crippen molar-refractivity contribution in [1.29, 1.82) is 0 Å². The van der Waals surface area contributed by atoms with Gasteiger partial charge in [0.15, 0.2) is 9.84 Å². The van der Waals surface area contributed by atoms with E-state index in [0.29, 0.717) is 10.9 Å². The largest absolute Gasteiger partial charge is 0.301 e. The molecular formula is C16H25NO2S. The lowest BCUT2D eigenvalue weighted by molar-refractivity contribution is 0.148. The van der Waals surface area contributed by atoms with Crippen LogP contribution in [0.25, 0.3) is 0 Å². The Labute approximate surface area is 122 Å². The summed E-state index contributed by atoms with van der Waals surface area (Å²) < 4.78 is 25.0. The smallest absolute Gasteiger partial charge is 0.178 e. The van der Waals surface area contributed by atoms with E-state index in [1.807, 2.05) is 19.1 Å². The highest BCUT2D eigenvalue weighted by atomic mass is 32.2.